The van der Waals surface area contributed by atoms with Crippen molar-refractivity contribution in [2.45, 2.75) is 32.2 Å². The van der Waals surface area contributed by atoms with Crippen molar-refractivity contribution in [2.75, 3.05) is 18.8 Å². The highest BCUT2D eigenvalue weighted by molar-refractivity contribution is 5.36. The quantitative estimate of drug-likeness (QED) is 0.660. The van der Waals surface area contributed by atoms with Crippen LogP contribution in [0.25, 0.3) is 0 Å². The first kappa shape index (κ1) is 12.9. The molecule has 1 aliphatic rings. The molecule has 4 nitrogen and oxygen atoms in total. The molecule has 0 unspecified atom stereocenters. The molecular formula is C12H22N4. The lowest BCUT2D eigenvalue weighted by Gasteiger charge is -2.17. The molecule has 0 aliphatic carbocycles. The minimum absolute atomic E-state index is 0.473. The van der Waals surface area contributed by atoms with E-state index in [1.54, 1.807) is 12.3 Å². The maximum absolute atomic E-state index is 5.59. The highest BCUT2D eigenvalue weighted by Crippen LogP contribution is 2.02. The summed E-state index contributed by atoms with van der Waals surface area (Å²) in [5.74, 6) is 0. The summed E-state index contributed by atoms with van der Waals surface area (Å²) in [5.41, 5.74) is 12.9. The molecule has 0 amide bonds. The van der Waals surface area contributed by atoms with E-state index in [4.69, 9.17) is 11.5 Å². The summed E-state index contributed by atoms with van der Waals surface area (Å²) in [6.07, 6.45) is 4.99. The van der Waals surface area contributed by atoms with Crippen LogP contribution in [0.3, 0.4) is 0 Å². The molecule has 0 radical (unpaired) electrons. The lowest BCUT2D eigenvalue weighted by molar-refractivity contribution is 0.458. The van der Waals surface area contributed by atoms with Crippen LogP contribution >= 0.6 is 0 Å². The molecule has 4 heteroatoms. The maximum Gasteiger partial charge on any atom is 0.0421 e. The number of pyridine rings is 1. The van der Waals surface area contributed by atoms with Gasteiger partial charge in [-0.15, -0.1) is 0 Å². The first-order valence-corrected chi connectivity index (χ1v) is 5.89. The summed E-state index contributed by atoms with van der Waals surface area (Å²) in [5, 5.41) is 3.24. The summed E-state index contributed by atoms with van der Waals surface area (Å²) >= 11 is 0. The van der Waals surface area contributed by atoms with Crippen LogP contribution in [0.2, 0.25) is 0 Å². The van der Waals surface area contributed by atoms with Gasteiger partial charge in [0.2, 0.25) is 0 Å². The van der Waals surface area contributed by atoms with E-state index in [0.717, 1.165) is 43.7 Å². The zero-order valence-corrected chi connectivity index (χ0v) is 9.95. The molecular weight excluding hydrogens is 200 g/mol. The maximum atomic E-state index is 5.59. The molecule has 2 rings (SSSR count). The summed E-state index contributed by atoms with van der Waals surface area (Å²) in [4.78, 5) is 4.08. The van der Waals surface area contributed by atoms with Crippen LogP contribution in [-0.2, 0) is 6.42 Å². The first-order chi connectivity index (χ1) is 7.72. The molecule has 0 bridgehead atoms. The molecule has 16 heavy (non-hydrogen) atoms. The minimum Gasteiger partial charge on any atom is -0.399 e. The van der Waals surface area contributed by atoms with Crippen LogP contribution in [0, 0.1) is 0 Å². The number of piperidine rings is 1. The summed E-state index contributed by atoms with van der Waals surface area (Å²) in [7, 11) is 0. The van der Waals surface area contributed by atoms with E-state index in [0.29, 0.717) is 6.04 Å². The van der Waals surface area contributed by atoms with Crippen LogP contribution in [0.4, 0.5) is 5.69 Å². The van der Waals surface area contributed by atoms with Gasteiger partial charge in [-0.3, -0.25) is 4.98 Å². The van der Waals surface area contributed by atoms with Crippen molar-refractivity contribution in [2.24, 2.45) is 5.73 Å². The molecule has 90 valence electrons. The van der Waals surface area contributed by atoms with Crippen molar-refractivity contribution in [3.63, 3.8) is 0 Å². The van der Waals surface area contributed by atoms with E-state index in [2.05, 4.69) is 17.2 Å². The van der Waals surface area contributed by atoms with E-state index in [-0.39, 0.29) is 0 Å². The minimum atomic E-state index is 0.473. The highest BCUT2D eigenvalue weighted by atomic mass is 14.9. The van der Waals surface area contributed by atoms with Gasteiger partial charge in [-0.05, 0) is 44.5 Å². The number of aryl methyl sites for hydroxylation is 1. The van der Waals surface area contributed by atoms with Crippen molar-refractivity contribution in [1.29, 1.82) is 0 Å². The fourth-order valence-electron chi connectivity index (χ4n) is 1.53. The second-order valence-corrected chi connectivity index (χ2v) is 4.02. The second-order valence-electron chi connectivity index (χ2n) is 4.02. The van der Waals surface area contributed by atoms with Crippen LogP contribution < -0.4 is 16.8 Å². The van der Waals surface area contributed by atoms with E-state index in [1.165, 1.54) is 0 Å². The zero-order valence-electron chi connectivity index (χ0n) is 9.95. The molecule has 1 saturated heterocycles. The Hall–Kier alpha value is -1.13. The van der Waals surface area contributed by atoms with Crippen LogP contribution in [0.1, 0.15) is 25.5 Å². The lowest BCUT2D eigenvalue weighted by atomic mass is 10.1. The number of hydrogen-bond donors (Lipinski definition) is 3. The summed E-state index contributed by atoms with van der Waals surface area (Å²) in [6, 6.07) is 4.15. The highest BCUT2D eigenvalue weighted by Gasteiger charge is 2.05. The largest absolute Gasteiger partial charge is 0.399 e. The number of hydrogen-bond acceptors (Lipinski definition) is 4. The van der Waals surface area contributed by atoms with Gasteiger partial charge in [0.1, 0.15) is 0 Å². The number of anilines is 1. The predicted molar refractivity (Wildman–Crippen MR) is 68.1 cm³/mol. The van der Waals surface area contributed by atoms with Crippen molar-refractivity contribution < 1.29 is 0 Å². The van der Waals surface area contributed by atoms with Gasteiger partial charge >= 0.3 is 0 Å². The Bertz CT molecular complexity index is 295. The van der Waals surface area contributed by atoms with Crippen molar-refractivity contribution in [3.05, 3.63) is 24.0 Å². The molecule has 1 fully saturated rings. The van der Waals surface area contributed by atoms with Gasteiger partial charge in [0.05, 0.1) is 0 Å². The number of rotatable bonds is 1. The van der Waals surface area contributed by atoms with Crippen molar-refractivity contribution in [3.8, 4) is 0 Å². The van der Waals surface area contributed by atoms with Gasteiger partial charge in [-0.2, -0.15) is 0 Å². The Morgan fingerprint density at radius 1 is 1.44 bits per heavy atom. The number of nitrogens with one attached hydrogen (secondary N) is 1. The normalized spacial score (nSPS) is 16.4. The fraction of sp³-hybridized carbons (Fsp3) is 0.583. The Labute approximate surface area is 97.4 Å². The lowest BCUT2D eigenvalue weighted by Crippen LogP contribution is -2.35. The number of nitrogens with two attached hydrogens (primary N) is 2. The molecule has 2 heterocycles. The number of nitrogen functional groups attached to an aromatic ring is 1. The van der Waals surface area contributed by atoms with Crippen LogP contribution in [-0.4, -0.2) is 24.1 Å². The second kappa shape index (κ2) is 7.19. The van der Waals surface area contributed by atoms with Gasteiger partial charge < -0.3 is 16.8 Å². The molecule has 0 spiro atoms. The van der Waals surface area contributed by atoms with Gasteiger partial charge in [-0.25, -0.2) is 0 Å². The van der Waals surface area contributed by atoms with E-state index in [9.17, 15) is 0 Å². The average molecular weight is 222 g/mol. The van der Waals surface area contributed by atoms with Crippen molar-refractivity contribution >= 4 is 5.69 Å². The van der Waals surface area contributed by atoms with Crippen molar-refractivity contribution in [1.82, 2.24) is 10.3 Å². The predicted octanol–water partition coefficient (Wildman–Crippen LogP) is 0.923. The molecule has 1 aromatic rings. The Morgan fingerprint density at radius 3 is 2.50 bits per heavy atom. The third kappa shape index (κ3) is 5.09. The molecule has 0 aromatic carbocycles. The van der Waals surface area contributed by atoms with Gasteiger partial charge in [-0.1, -0.05) is 6.92 Å². The van der Waals surface area contributed by atoms with E-state index in [1.807, 2.05) is 6.07 Å². The summed E-state index contributed by atoms with van der Waals surface area (Å²) < 4.78 is 0. The van der Waals surface area contributed by atoms with Gasteiger partial charge in [0.15, 0.2) is 0 Å². The first-order valence-electron chi connectivity index (χ1n) is 5.89. The zero-order chi connectivity index (χ0) is 11.8. The Morgan fingerprint density at radius 2 is 2.12 bits per heavy atom. The van der Waals surface area contributed by atoms with E-state index >= 15 is 0 Å². The Kier molecular flexibility index (Phi) is 5.82. The van der Waals surface area contributed by atoms with E-state index < -0.39 is 0 Å². The van der Waals surface area contributed by atoms with Gasteiger partial charge in [0, 0.05) is 23.6 Å². The molecule has 1 aliphatic heterocycles. The topological polar surface area (TPSA) is 77.0 Å². The fourth-order valence-corrected chi connectivity index (χ4v) is 1.53. The molecule has 5 N–H and O–H groups in total. The standard InChI is InChI=1S/C7H10N2.C5H12N2/c1-2-7-5-6(8)3-4-9-7;6-5-1-3-7-4-2-5/h3-5H,2H2,1H3,(H2,8,9);5,7H,1-4,6H2. The Balaban J connectivity index is 0.000000165. The smallest absolute Gasteiger partial charge is 0.0421 e. The average Bonchev–Trinajstić information content (AvgIpc) is 2.31. The monoisotopic (exact) mass is 222 g/mol. The summed E-state index contributed by atoms with van der Waals surface area (Å²) in [6.45, 7) is 4.28. The molecule has 0 atom stereocenters. The number of nitrogens with zero attached hydrogens (tertiary/aromatic N) is 1. The molecule has 1 aromatic heterocycles. The van der Waals surface area contributed by atoms with Crippen LogP contribution in [0.15, 0.2) is 18.3 Å². The third-order valence-corrected chi connectivity index (χ3v) is 2.59. The SMILES string of the molecule is CCc1cc(N)ccn1.NC1CCNCC1. The molecule has 0 saturated carbocycles. The van der Waals surface area contributed by atoms with Gasteiger partial charge in [0.25, 0.3) is 0 Å². The third-order valence-electron chi connectivity index (χ3n) is 2.59. The van der Waals surface area contributed by atoms with Crippen LogP contribution in [0.5, 0.6) is 0 Å². The number of aromatic nitrogens is 1.